The Morgan fingerprint density at radius 3 is 1.90 bits per heavy atom. The van der Waals surface area contributed by atoms with E-state index in [0.717, 1.165) is 10.6 Å². The lowest BCUT2D eigenvalue weighted by atomic mass is 10.1. The second-order valence-electron chi connectivity index (χ2n) is 9.01. The Kier molecular flexibility index (Phi) is 7.27. The van der Waals surface area contributed by atoms with Gasteiger partial charge in [0.1, 0.15) is 12.3 Å². The number of fused-ring (bicyclic) bond motifs is 1. The first-order valence-electron chi connectivity index (χ1n) is 12.2. The fraction of sp³-hybridized carbons (Fsp3) is 0.0645. The molecule has 0 unspecified atom stereocenters. The minimum absolute atomic E-state index is 0.0203. The Morgan fingerprint density at radius 1 is 0.750 bits per heavy atom. The molecule has 8 nitrogen and oxygen atoms in total. The summed E-state index contributed by atoms with van der Waals surface area (Å²) in [5.74, 6) is -3.16. The molecule has 0 N–H and O–H groups in total. The molecule has 0 bridgehead atoms. The van der Waals surface area contributed by atoms with Crippen LogP contribution in [0.3, 0.4) is 0 Å². The van der Waals surface area contributed by atoms with Crippen LogP contribution < -0.4 is 4.74 Å². The maximum absolute atomic E-state index is 13.6. The molecule has 0 radical (unpaired) electrons. The van der Waals surface area contributed by atoms with Gasteiger partial charge in [-0.1, -0.05) is 53.6 Å². The summed E-state index contributed by atoms with van der Waals surface area (Å²) in [5, 5.41) is 1.58. The highest BCUT2D eigenvalue weighted by Gasteiger charge is 2.42. The molecule has 4 aromatic rings. The van der Waals surface area contributed by atoms with E-state index in [1.807, 2.05) is 6.92 Å². The number of hydrogen-bond donors (Lipinski definition) is 0. The second kappa shape index (κ2) is 11.0. The van der Waals surface area contributed by atoms with Crippen molar-refractivity contribution in [3.63, 3.8) is 0 Å². The average Bonchev–Trinajstić information content (AvgIpc) is 3.21. The van der Waals surface area contributed by atoms with E-state index in [0.29, 0.717) is 10.6 Å². The predicted octanol–water partition coefficient (Wildman–Crippen LogP) is 5.40. The molecule has 3 amide bonds. The van der Waals surface area contributed by atoms with Gasteiger partial charge in [-0.2, -0.15) is 5.01 Å². The van der Waals surface area contributed by atoms with Crippen molar-refractivity contribution in [3.05, 3.63) is 135 Å². The van der Waals surface area contributed by atoms with E-state index in [4.69, 9.17) is 16.3 Å². The Bertz CT molecular complexity index is 1630. The van der Waals surface area contributed by atoms with Gasteiger partial charge in [-0.15, -0.1) is 0 Å². The average molecular weight is 553 g/mol. The van der Waals surface area contributed by atoms with E-state index >= 15 is 0 Å². The molecule has 0 atom stereocenters. The monoisotopic (exact) mass is 552 g/mol. The number of nitrogens with zero attached hydrogens (tertiary/aromatic N) is 2. The van der Waals surface area contributed by atoms with E-state index in [1.165, 1.54) is 48.5 Å². The van der Waals surface area contributed by atoms with Crippen molar-refractivity contribution in [1.29, 1.82) is 0 Å². The molecule has 0 saturated carbocycles. The first-order chi connectivity index (χ1) is 19.2. The highest BCUT2D eigenvalue weighted by atomic mass is 35.5. The number of aryl methyl sites for hydroxylation is 1. The third-order valence-corrected chi connectivity index (χ3v) is 6.65. The number of ketones is 1. The molecule has 1 aliphatic rings. The Morgan fingerprint density at radius 2 is 1.30 bits per heavy atom. The molecule has 1 heterocycles. The van der Waals surface area contributed by atoms with Crippen molar-refractivity contribution in [1.82, 2.24) is 10.0 Å². The fourth-order valence-corrected chi connectivity index (χ4v) is 4.41. The zero-order valence-electron chi connectivity index (χ0n) is 21.2. The number of benzene rings is 4. The van der Waals surface area contributed by atoms with E-state index < -0.39 is 36.0 Å². The summed E-state index contributed by atoms with van der Waals surface area (Å²) in [6.07, 6.45) is 0. The lowest BCUT2D eigenvalue weighted by Gasteiger charge is -2.29. The van der Waals surface area contributed by atoms with Gasteiger partial charge in [0.2, 0.25) is 0 Å². The number of carbonyl (C=O) groups is 5. The van der Waals surface area contributed by atoms with Crippen LogP contribution >= 0.6 is 11.6 Å². The lowest BCUT2D eigenvalue weighted by Crippen LogP contribution is -2.51. The van der Waals surface area contributed by atoms with Crippen LogP contribution in [0.4, 0.5) is 0 Å². The van der Waals surface area contributed by atoms with Gasteiger partial charge >= 0.3 is 5.97 Å². The van der Waals surface area contributed by atoms with Crippen molar-refractivity contribution in [2.45, 2.75) is 6.92 Å². The van der Waals surface area contributed by atoms with E-state index in [9.17, 15) is 24.0 Å². The largest absolute Gasteiger partial charge is 0.423 e. The standard InChI is InChI=1S/C31H21ClN2O6/c1-19-10-12-21(13-11-19)31(39)40-22-16-14-20(15-17-22)27(35)18-33(28(36)25-8-4-5-9-26(25)32)34-29(37)23-6-2-3-7-24(23)30(34)38/h2-17H,18H2,1H3. The van der Waals surface area contributed by atoms with Crippen molar-refractivity contribution in [3.8, 4) is 5.75 Å². The number of imide groups is 1. The molecule has 40 heavy (non-hydrogen) atoms. The van der Waals surface area contributed by atoms with Gasteiger partial charge in [-0.25, -0.2) is 9.80 Å². The first-order valence-corrected chi connectivity index (χ1v) is 12.6. The smallest absolute Gasteiger partial charge is 0.343 e. The zero-order chi connectivity index (χ0) is 28.4. The maximum atomic E-state index is 13.6. The van der Waals surface area contributed by atoms with Gasteiger partial charge < -0.3 is 4.74 Å². The molecule has 4 aromatic carbocycles. The molecule has 198 valence electrons. The summed E-state index contributed by atoms with van der Waals surface area (Å²) in [7, 11) is 0. The van der Waals surface area contributed by atoms with Crippen LogP contribution in [0.15, 0.2) is 97.1 Å². The summed E-state index contributed by atoms with van der Waals surface area (Å²) in [4.78, 5) is 65.7. The number of carbonyl (C=O) groups excluding carboxylic acids is 5. The minimum atomic E-state index is -0.794. The maximum Gasteiger partial charge on any atom is 0.343 e. The molecule has 0 fully saturated rings. The van der Waals surface area contributed by atoms with Crippen molar-refractivity contribution < 1.29 is 28.7 Å². The molecular weight excluding hydrogens is 532 g/mol. The number of Topliss-reactive ketones (excluding diaryl/α,β-unsaturated/α-hetero) is 1. The Hall–Kier alpha value is -5.08. The van der Waals surface area contributed by atoms with Gasteiger partial charge in [-0.05, 0) is 67.6 Å². The second-order valence-corrected chi connectivity index (χ2v) is 9.42. The number of amides is 3. The summed E-state index contributed by atoms with van der Waals surface area (Å²) in [6, 6.07) is 25.0. The molecule has 0 aromatic heterocycles. The van der Waals surface area contributed by atoms with Crippen molar-refractivity contribution in [2.24, 2.45) is 0 Å². The van der Waals surface area contributed by atoms with Gasteiger partial charge in [0.15, 0.2) is 5.78 Å². The third kappa shape index (κ3) is 5.12. The highest BCUT2D eigenvalue weighted by molar-refractivity contribution is 6.34. The summed E-state index contributed by atoms with van der Waals surface area (Å²) in [5.41, 5.74) is 1.81. The summed E-state index contributed by atoms with van der Waals surface area (Å²) >= 11 is 6.23. The fourth-order valence-electron chi connectivity index (χ4n) is 4.19. The van der Waals surface area contributed by atoms with Crippen LogP contribution in [0, 0.1) is 6.92 Å². The van der Waals surface area contributed by atoms with Gasteiger partial charge in [0, 0.05) is 5.56 Å². The van der Waals surface area contributed by atoms with Gasteiger partial charge in [0.25, 0.3) is 17.7 Å². The lowest BCUT2D eigenvalue weighted by molar-refractivity contribution is 0.00531. The molecular formula is C31H21ClN2O6. The third-order valence-electron chi connectivity index (χ3n) is 6.32. The number of hydrogen-bond acceptors (Lipinski definition) is 6. The minimum Gasteiger partial charge on any atom is -0.423 e. The van der Waals surface area contributed by atoms with Crippen LogP contribution in [0.1, 0.15) is 57.4 Å². The molecule has 0 aliphatic carbocycles. The van der Waals surface area contributed by atoms with E-state index in [1.54, 1.807) is 48.5 Å². The quantitative estimate of drug-likeness (QED) is 0.132. The number of ether oxygens (including phenoxy) is 1. The number of esters is 1. The van der Waals surface area contributed by atoms with E-state index in [2.05, 4.69) is 0 Å². The molecule has 5 rings (SSSR count). The summed E-state index contributed by atoms with van der Waals surface area (Å²) in [6.45, 7) is 1.28. The van der Waals surface area contributed by atoms with Crippen molar-refractivity contribution in [2.75, 3.05) is 6.54 Å². The van der Waals surface area contributed by atoms with Crippen LogP contribution in [-0.4, -0.2) is 46.0 Å². The zero-order valence-corrected chi connectivity index (χ0v) is 21.9. The van der Waals surface area contributed by atoms with Crippen molar-refractivity contribution >= 4 is 41.1 Å². The SMILES string of the molecule is Cc1ccc(C(=O)Oc2ccc(C(=O)CN(C(=O)c3ccccc3Cl)N3C(=O)c4ccccc4C3=O)cc2)cc1. The van der Waals surface area contributed by atoms with Crippen LogP contribution in [0.2, 0.25) is 5.02 Å². The normalized spacial score (nSPS) is 12.2. The predicted molar refractivity (Wildman–Crippen MR) is 146 cm³/mol. The van der Waals surface area contributed by atoms with Crippen LogP contribution in [0.5, 0.6) is 5.75 Å². The Labute approximate surface area is 234 Å². The van der Waals surface area contributed by atoms with Crippen LogP contribution in [0.25, 0.3) is 0 Å². The van der Waals surface area contributed by atoms with Gasteiger partial charge in [0.05, 0.1) is 27.3 Å². The van der Waals surface area contributed by atoms with E-state index in [-0.39, 0.29) is 33.0 Å². The molecule has 1 aliphatic heterocycles. The Balaban J connectivity index is 1.39. The molecule has 0 saturated heterocycles. The van der Waals surface area contributed by atoms with Crippen LogP contribution in [-0.2, 0) is 0 Å². The first kappa shape index (κ1) is 26.5. The number of hydrazine groups is 1. The van der Waals surface area contributed by atoms with Gasteiger partial charge in [-0.3, -0.25) is 19.2 Å². The number of halogens is 1. The number of rotatable bonds is 7. The summed E-state index contributed by atoms with van der Waals surface area (Å²) < 4.78 is 5.38. The molecule has 0 spiro atoms. The molecule has 9 heteroatoms. The highest BCUT2D eigenvalue weighted by Crippen LogP contribution is 2.27. The topological polar surface area (TPSA) is 101 Å².